The van der Waals surface area contributed by atoms with Gasteiger partial charge in [-0.1, -0.05) is 12.8 Å². The molecule has 3 heteroatoms. The summed E-state index contributed by atoms with van der Waals surface area (Å²) < 4.78 is 0. The second-order valence-corrected chi connectivity index (χ2v) is 5.83. The molecule has 2 fully saturated rings. The van der Waals surface area contributed by atoms with Gasteiger partial charge in [-0.15, -0.1) is 0 Å². The molecule has 2 unspecified atom stereocenters. The number of nitrogens with two attached hydrogens (primary N) is 1. The highest BCUT2D eigenvalue weighted by Gasteiger charge is 2.36. The molecule has 1 aromatic rings. The standard InChI is InChI=1S/C15H23N3/c1-11(16)13-6-8-17-15(10-13)18-9-7-12-4-2-3-5-14(12)18/h6,8,10-12,14H,2-5,7,9,16H2,1H3/t11-,12?,14?/m1/s1. The third-order valence-electron chi connectivity index (χ3n) is 4.60. The predicted molar refractivity (Wildman–Crippen MR) is 74.5 cm³/mol. The Bertz CT molecular complexity index is 416. The Balaban J connectivity index is 1.84. The average molecular weight is 245 g/mol. The minimum atomic E-state index is 0.0940. The molecule has 18 heavy (non-hydrogen) atoms. The summed E-state index contributed by atoms with van der Waals surface area (Å²) in [5, 5.41) is 0. The fourth-order valence-corrected chi connectivity index (χ4v) is 3.56. The van der Waals surface area contributed by atoms with E-state index in [4.69, 9.17) is 5.73 Å². The number of hydrogen-bond donors (Lipinski definition) is 1. The zero-order valence-corrected chi connectivity index (χ0v) is 11.2. The maximum Gasteiger partial charge on any atom is 0.129 e. The van der Waals surface area contributed by atoms with Crippen molar-refractivity contribution in [1.29, 1.82) is 0 Å². The van der Waals surface area contributed by atoms with Crippen LogP contribution in [0.25, 0.3) is 0 Å². The molecule has 1 saturated heterocycles. The average Bonchev–Trinajstić information content (AvgIpc) is 2.82. The second kappa shape index (κ2) is 4.88. The van der Waals surface area contributed by atoms with Crippen molar-refractivity contribution < 1.29 is 0 Å². The van der Waals surface area contributed by atoms with Crippen molar-refractivity contribution >= 4 is 5.82 Å². The predicted octanol–water partition coefficient (Wildman–Crippen LogP) is 2.87. The molecule has 2 aliphatic rings. The second-order valence-electron chi connectivity index (χ2n) is 5.83. The first-order valence-corrected chi connectivity index (χ1v) is 7.24. The van der Waals surface area contributed by atoms with Crippen molar-refractivity contribution in [2.75, 3.05) is 11.4 Å². The summed E-state index contributed by atoms with van der Waals surface area (Å²) in [5.41, 5.74) is 7.16. The van der Waals surface area contributed by atoms with E-state index in [1.54, 1.807) is 0 Å². The molecule has 2 N–H and O–H groups in total. The van der Waals surface area contributed by atoms with Gasteiger partial charge in [0.2, 0.25) is 0 Å². The van der Waals surface area contributed by atoms with Gasteiger partial charge in [0.05, 0.1) is 0 Å². The lowest BCUT2D eigenvalue weighted by Gasteiger charge is -2.32. The van der Waals surface area contributed by atoms with Gasteiger partial charge in [0.25, 0.3) is 0 Å². The van der Waals surface area contributed by atoms with Crippen LogP contribution in [0.1, 0.15) is 50.6 Å². The lowest BCUT2D eigenvalue weighted by Crippen LogP contribution is -2.35. The van der Waals surface area contributed by atoms with Crippen LogP contribution in [-0.4, -0.2) is 17.6 Å². The summed E-state index contributed by atoms with van der Waals surface area (Å²) in [7, 11) is 0. The molecule has 0 aromatic carbocycles. The number of aromatic nitrogens is 1. The molecule has 1 aliphatic heterocycles. The molecule has 98 valence electrons. The van der Waals surface area contributed by atoms with Gasteiger partial charge >= 0.3 is 0 Å². The van der Waals surface area contributed by atoms with Gasteiger partial charge in [-0.25, -0.2) is 4.98 Å². The van der Waals surface area contributed by atoms with E-state index in [1.165, 1.54) is 44.2 Å². The maximum atomic E-state index is 5.97. The van der Waals surface area contributed by atoms with Gasteiger partial charge < -0.3 is 10.6 Å². The van der Waals surface area contributed by atoms with Crippen LogP contribution in [0.5, 0.6) is 0 Å². The lowest BCUT2D eigenvalue weighted by atomic mass is 9.85. The summed E-state index contributed by atoms with van der Waals surface area (Å²) in [4.78, 5) is 7.09. The Morgan fingerprint density at radius 1 is 1.33 bits per heavy atom. The van der Waals surface area contributed by atoms with E-state index >= 15 is 0 Å². The first-order chi connectivity index (χ1) is 8.75. The van der Waals surface area contributed by atoms with Crippen LogP contribution >= 0.6 is 0 Å². The van der Waals surface area contributed by atoms with Crippen molar-refractivity contribution in [3.05, 3.63) is 23.9 Å². The van der Waals surface area contributed by atoms with Crippen LogP contribution in [0.4, 0.5) is 5.82 Å². The molecular weight excluding hydrogens is 222 g/mol. The van der Waals surface area contributed by atoms with Gasteiger partial charge in [0, 0.05) is 24.8 Å². The van der Waals surface area contributed by atoms with Crippen molar-refractivity contribution in [1.82, 2.24) is 4.98 Å². The number of pyridine rings is 1. The van der Waals surface area contributed by atoms with Gasteiger partial charge in [0.15, 0.2) is 0 Å². The van der Waals surface area contributed by atoms with E-state index in [1.807, 2.05) is 19.2 Å². The molecule has 3 rings (SSSR count). The Labute approximate surface area is 109 Å². The Kier molecular flexibility index (Phi) is 3.25. The molecule has 0 spiro atoms. The number of anilines is 1. The maximum absolute atomic E-state index is 5.97. The van der Waals surface area contributed by atoms with Crippen LogP contribution in [0, 0.1) is 5.92 Å². The summed E-state index contributed by atoms with van der Waals surface area (Å²) in [5.74, 6) is 2.04. The molecule has 1 aromatic heterocycles. The number of hydrogen-bond acceptors (Lipinski definition) is 3. The van der Waals surface area contributed by atoms with Crippen molar-refractivity contribution in [3.63, 3.8) is 0 Å². The molecule has 0 amide bonds. The lowest BCUT2D eigenvalue weighted by molar-refractivity contribution is 0.341. The number of nitrogens with zero attached hydrogens (tertiary/aromatic N) is 2. The minimum Gasteiger partial charge on any atom is -0.353 e. The van der Waals surface area contributed by atoms with Crippen LogP contribution < -0.4 is 10.6 Å². The first kappa shape index (κ1) is 12.0. The Morgan fingerprint density at radius 2 is 2.17 bits per heavy atom. The summed E-state index contributed by atoms with van der Waals surface area (Å²) in [6, 6.07) is 5.04. The van der Waals surface area contributed by atoms with Crippen molar-refractivity contribution in [2.24, 2.45) is 11.7 Å². The van der Waals surface area contributed by atoms with E-state index in [0.717, 1.165) is 17.8 Å². The molecule has 3 nitrogen and oxygen atoms in total. The van der Waals surface area contributed by atoms with Crippen molar-refractivity contribution in [3.8, 4) is 0 Å². The SMILES string of the molecule is C[C@@H](N)c1ccnc(N2CCC3CCCCC32)c1. The number of fused-ring (bicyclic) bond motifs is 1. The van der Waals surface area contributed by atoms with E-state index < -0.39 is 0 Å². The number of rotatable bonds is 2. The van der Waals surface area contributed by atoms with Gasteiger partial charge in [-0.3, -0.25) is 0 Å². The van der Waals surface area contributed by atoms with E-state index in [9.17, 15) is 0 Å². The van der Waals surface area contributed by atoms with Gasteiger partial charge in [-0.05, 0) is 49.8 Å². The van der Waals surface area contributed by atoms with Gasteiger partial charge in [0.1, 0.15) is 5.82 Å². The van der Waals surface area contributed by atoms with E-state index in [-0.39, 0.29) is 6.04 Å². The zero-order valence-electron chi connectivity index (χ0n) is 11.2. The fourth-order valence-electron chi connectivity index (χ4n) is 3.56. The zero-order chi connectivity index (χ0) is 12.5. The third-order valence-corrected chi connectivity index (χ3v) is 4.60. The third kappa shape index (κ3) is 2.12. The molecular formula is C15H23N3. The van der Waals surface area contributed by atoms with Crippen LogP contribution in [0.2, 0.25) is 0 Å². The van der Waals surface area contributed by atoms with Crippen LogP contribution in [0.15, 0.2) is 18.3 Å². The molecule has 1 aliphatic carbocycles. The fraction of sp³-hybridized carbons (Fsp3) is 0.667. The Hall–Kier alpha value is -1.09. The summed E-state index contributed by atoms with van der Waals surface area (Å²) >= 11 is 0. The highest BCUT2D eigenvalue weighted by molar-refractivity contribution is 5.44. The van der Waals surface area contributed by atoms with Crippen molar-refractivity contribution in [2.45, 2.75) is 51.1 Å². The topological polar surface area (TPSA) is 42.1 Å². The molecule has 3 atom stereocenters. The molecule has 2 heterocycles. The Morgan fingerprint density at radius 3 is 3.00 bits per heavy atom. The van der Waals surface area contributed by atoms with Crippen LogP contribution in [-0.2, 0) is 0 Å². The molecule has 1 saturated carbocycles. The highest BCUT2D eigenvalue weighted by Crippen LogP contribution is 2.38. The smallest absolute Gasteiger partial charge is 0.129 e. The minimum absolute atomic E-state index is 0.0940. The van der Waals surface area contributed by atoms with Crippen LogP contribution in [0.3, 0.4) is 0 Å². The van der Waals surface area contributed by atoms with E-state index in [0.29, 0.717) is 0 Å². The molecule has 0 bridgehead atoms. The monoisotopic (exact) mass is 245 g/mol. The summed E-state index contributed by atoms with van der Waals surface area (Å²) in [6.45, 7) is 3.21. The first-order valence-electron chi connectivity index (χ1n) is 7.24. The normalized spacial score (nSPS) is 29.1. The quantitative estimate of drug-likeness (QED) is 0.871. The van der Waals surface area contributed by atoms with E-state index in [2.05, 4.69) is 16.0 Å². The largest absolute Gasteiger partial charge is 0.353 e. The highest BCUT2D eigenvalue weighted by atomic mass is 15.2. The molecule has 0 radical (unpaired) electrons. The summed E-state index contributed by atoms with van der Waals surface area (Å²) in [6.07, 6.45) is 8.80. The van der Waals surface area contributed by atoms with Gasteiger partial charge in [-0.2, -0.15) is 0 Å².